The summed E-state index contributed by atoms with van der Waals surface area (Å²) < 4.78 is 41.5. The predicted molar refractivity (Wildman–Crippen MR) is 74.3 cm³/mol. The first kappa shape index (κ1) is 15.2. The molecule has 1 N–H and O–H groups in total. The molecule has 0 radical (unpaired) electrons. The molecule has 6 nitrogen and oxygen atoms in total. The van der Waals surface area contributed by atoms with Crippen molar-refractivity contribution >= 4 is 21.9 Å². The fourth-order valence-electron chi connectivity index (χ4n) is 1.90. The van der Waals surface area contributed by atoms with E-state index in [0.717, 1.165) is 10.5 Å². The minimum atomic E-state index is -4.00. The number of carboxylic acid groups (broad SMARTS) is 1. The summed E-state index contributed by atoms with van der Waals surface area (Å²) in [4.78, 5) is 11.2. The lowest BCUT2D eigenvalue weighted by Crippen LogP contribution is -2.31. The zero-order valence-electron chi connectivity index (χ0n) is 11.2. The molecule has 2 rings (SSSR count). The van der Waals surface area contributed by atoms with Crippen molar-refractivity contribution in [1.82, 2.24) is 4.31 Å². The number of rotatable bonds is 4. The smallest absolute Gasteiger partial charge is 0.344 e. The van der Waals surface area contributed by atoms with Gasteiger partial charge in [-0.15, -0.1) is 4.40 Å². The van der Waals surface area contributed by atoms with Crippen molar-refractivity contribution in [2.24, 2.45) is 4.40 Å². The normalized spacial score (nSPS) is 17.1. The molecule has 0 fully saturated rings. The van der Waals surface area contributed by atoms with Crippen LogP contribution in [-0.2, 0) is 21.5 Å². The number of benzene rings is 1. The first-order valence-electron chi connectivity index (χ1n) is 6.14. The third kappa shape index (κ3) is 3.27. The predicted octanol–water partition coefficient (Wildman–Crippen LogP) is 1.71. The highest BCUT2D eigenvalue weighted by Crippen LogP contribution is 2.21. The molecule has 0 amide bonds. The summed E-state index contributed by atoms with van der Waals surface area (Å²) in [5.41, 5.74) is 0.219. The van der Waals surface area contributed by atoms with E-state index in [0.29, 0.717) is 5.56 Å². The number of carboxylic acids is 1. The number of hydrogen-bond acceptors (Lipinski definition) is 3. The van der Waals surface area contributed by atoms with Crippen LogP contribution in [0.25, 0.3) is 0 Å². The second-order valence-corrected chi connectivity index (χ2v) is 5.94. The number of nitrogens with zero attached hydrogens (tertiary/aromatic N) is 2. The number of halogens is 1. The second kappa shape index (κ2) is 5.65. The van der Waals surface area contributed by atoms with E-state index < -0.39 is 22.0 Å². The van der Waals surface area contributed by atoms with Crippen molar-refractivity contribution < 1.29 is 22.7 Å². The zero-order valence-corrected chi connectivity index (χ0v) is 12.0. The Labute approximate surface area is 121 Å². The molecule has 0 aromatic heterocycles. The standard InChI is InChI=1S/C13H13FN2O4S/c1-2-12-11(13(17)18)8-16(21(19,20)15-12)7-9-4-3-5-10(14)6-9/h3-6,8H,2,7H2,1H3,(H,17,18). The van der Waals surface area contributed by atoms with E-state index in [2.05, 4.69) is 4.40 Å². The molecule has 0 saturated heterocycles. The van der Waals surface area contributed by atoms with Crippen LogP contribution >= 0.6 is 0 Å². The van der Waals surface area contributed by atoms with Crippen molar-refractivity contribution in [3.8, 4) is 0 Å². The first-order chi connectivity index (χ1) is 9.83. The number of hydrogen-bond donors (Lipinski definition) is 1. The van der Waals surface area contributed by atoms with Gasteiger partial charge in [0.05, 0.1) is 17.8 Å². The van der Waals surface area contributed by atoms with E-state index in [1.165, 1.54) is 18.2 Å². The van der Waals surface area contributed by atoms with Gasteiger partial charge in [0.1, 0.15) is 5.82 Å². The summed E-state index contributed by atoms with van der Waals surface area (Å²) in [6.45, 7) is 1.44. The van der Waals surface area contributed by atoms with E-state index in [4.69, 9.17) is 5.11 Å². The van der Waals surface area contributed by atoms with Gasteiger partial charge >= 0.3 is 16.2 Å². The molecular formula is C13H13FN2O4S. The van der Waals surface area contributed by atoms with Crippen LogP contribution in [0, 0.1) is 5.82 Å². The molecule has 1 aromatic carbocycles. The molecule has 1 aliphatic heterocycles. The van der Waals surface area contributed by atoms with Crippen molar-refractivity contribution in [1.29, 1.82) is 0 Å². The van der Waals surface area contributed by atoms with E-state index in [-0.39, 0.29) is 24.3 Å². The summed E-state index contributed by atoms with van der Waals surface area (Å²) in [6, 6.07) is 5.42. The van der Waals surface area contributed by atoms with Gasteiger partial charge in [-0.25, -0.2) is 9.18 Å². The van der Waals surface area contributed by atoms with Gasteiger partial charge < -0.3 is 5.11 Å². The zero-order chi connectivity index (χ0) is 15.6. The fraction of sp³-hybridized carbons (Fsp3) is 0.231. The molecule has 21 heavy (non-hydrogen) atoms. The molecule has 1 heterocycles. The van der Waals surface area contributed by atoms with Crippen LogP contribution in [0.4, 0.5) is 4.39 Å². The Balaban J connectivity index is 2.39. The second-order valence-electron chi connectivity index (χ2n) is 4.39. The molecule has 1 aliphatic rings. The van der Waals surface area contributed by atoms with Crippen molar-refractivity contribution in [2.75, 3.05) is 0 Å². The van der Waals surface area contributed by atoms with Crippen LogP contribution in [0.5, 0.6) is 0 Å². The van der Waals surface area contributed by atoms with Crippen LogP contribution in [0.3, 0.4) is 0 Å². The monoisotopic (exact) mass is 312 g/mol. The molecule has 8 heteroatoms. The van der Waals surface area contributed by atoms with Crippen LogP contribution in [-0.4, -0.2) is 29.5 Å². The molecule has 0 saturated carbocycles. The van der Waals surface area contributed by atoms with Gasteiger partial charge in [-0.3, -0.25) is 4.31 Å². The van der Waals surface area contributed by atoms with Gasteiger partial charge in [0, 0.05) is 6.20 Å². The third-order valence-electron chi connectivity index (χ3n) is 2.90. The molecular weight excluding hydrogens is 299 g/mol. The maximum Gasteiger partial charge on any atom is 0.344 e. The van der Waals surface area contributed by atoms with E-state index in [1.54, 1.807) is 13.0 Å². The molecule has 1 aromatic rings. The topological polar surface area (TPSA) is 87.0 Å². The highest BCUT2D eigenvalue weighted by atomic mass is 32.2. The minimum Gasteiger partial charge on any atom is -0.478 e. The summed E-state index contributed by atoms with van der Waals surface area (Å²) in [5, 5.41) is 9.11. The molecule has 112 valence electrons. The van der Waals surface area contributed by atoms with Crippen LogP contribution in [0.1, 0.15) is 18.9 Å². The third-order valence-corrected chi connectivity index (χ3v) is 4.18. The highest BCUT2D eigenvalue weighted by Gasteiger charge is 2.29. The summed E-state index contributed by atoms with van der Waals surface area (Å²) in [6.07, 6.45) is 1.21. The van der Waals surface area contributed by atoms with Gasteiger partial charge in [0.2, 0.25) is 0 Å². The highest BCUT2D eigenvalue weighted by molar-refractivity contribution is 7.88. The lowest BCUT2D eigenvalue weighted by atomic mass is 10.1. The Morgan fingerprint density at radius 1 is 1.43 bits per heavy atom. The molecule has 0 aliphatic carbocycles. The lowest BCUT2D eigenvalue weighted by Gasteiger charge is -2.23. The van der Waals surface area contributed by atoms with Crippen LogP contribution < -0.4 is 0 Å². The lowest BCUT2D eigenvalue weighted by molar-refractivity contribution is -0.132. The minimum absolute atomic E-state index is 0.00186. The Morgan fingerprint density at radius 3 is 2.71 bits per heavy atom. The largest absolute Gasteiger partial charge is 0.478 e. The van der Waals surface area contributed by atoms with Crippen LogP contribution in [0.15, 0.2) is 40.4 Å². The van der Waals surface area contributed by atoms with E-state index in [9.17, 15) is 17.6 Å². The van der Waals surface area contributed by atoms with Gasteiger partial charge in [-0.05, 0) is 24.1 Å². The first-order valence-corrected chi connectivity index (χ1v) is 7.53. The Hall–Kier alpha value is -2.22. The quantitative estimate of drug-likeness (QED) is 0.917. The maximum absolute atomic E-state index is 13.1. The van der Waals surface area contributed by atoms with Crippen molar-refractivity contribution in [3.05, 3.63) is 47.4 Å². The SMILES string of the molecule is CCC1=NS(=O)(=O)N(Cc2cccc(F)c2)C=C1C(=O)O. The summed E-state index contributed by atoms with van der Waals surface area (Å²) in [7, 11) is -4.00. The van der Waals surface area contributed by atoms with Gasteiger partial charge in [-0.1, -0.05) is 19.1 Å². The van der Waals surface area contributed by atoms with Gasteiger partial charge in [0.25, 0.3) is 0 Å². The van der Waals surface area contributed by atoms with E-state index >= 15 is 0 Å². The van der Waals surface area contributed by atoms with Crippen molar-refractivity contribution in [2.45, 2.75) is 19.9 Å². The van der Waals surface area contributed by atoms with Gasteiger partial charge in [-0.2, -0.15) is 8.42 Å². The van der Waals surface area contributed by atoms with E-state index in [1.807, 2.05) is 0 Å². The maximum atomic E-state index is 13.1. The molecule has 0 unspecified atom stereocenters. The average molecular weight is 312 g/mol. The summed E-state index contributed by atoms with van der Waals surface area (Å²) in [5.74, 6) is -1.75. The van der Waals surface area contributed by atoms with Crippen LogP contribution in [0.2, 0.25) is 0 Å². The number of carbonyl (C=O) groups is 1. The molecule has 0 spiro atoms. The Morgan fingerprint density at radius 2 is 2.14 bits per heavy atom. The Bertz CT molecular complexity index is 740. The average Bonchev–Trinajstić information content (AvgIpc) is 2.40. The van der Waals surface area contributed by atoms with Crippen molar-refractivity contribution in [3.63, 3.8) is 0 Å². The number of aliphatic carboxylic acids is 1. The van der Waals surface area contributed by atoms with Gasteiger partial charge in [0.15, 0.2) is 0 Å². The summed E-state index contributed by atoms with van der Waals surface area (Å²) >= 11 is 0. The fourth-order valence-corrected chi connectivity index (χ4v) is 3.06. The molecule has 0 atom stereocenters. The molecule has 0 bridgehead atoms. The Kier molecular flexibility index (Phi) is 4.08.